The predicted octanol–water partition coefficient (Wildman–Crippen LogP) is 7.22. The number of aryl methyl sites for hydroxylation is 2. The summed E-state index contributed by atoms with van der Waals surface area (Å²) in [7, 11) is 0. The average molecular weight is 404 g/mol. The first-order valence-corrected chi connectivity index (χ1v) is 11.2. The van der Waals surface area contributed by atoms with E-state index in [1.807, 2.05) is 0 Å². The summed E-state index contributed by atoms with van der Waals surface area (Å²) in [5.74, 6) is 1.25. The van der Waals surface area contributed by atoms with Crippen LogP contribution in [-0.2, 0) is 10.8 Å². The third kappa shape index (κ3) is 4.10. The van der Waals surface area contributed by atoms with Crippen molar-refractivity contribution in [1.29, 1.82) is 0 Å². The maximum absolute atomic E-state index is 2.45. The molecule has 30 heavy (non-hydrogen) atoms. The Labute approximate surface area is 183 Å². The summed E-state index contributed by atoms with van der Waals surface area (Å²) in [5.41, 5.74) is 8.12. The quantitative estimate of drug-likeness (QED) is 0.408. The highest BCUT2D eigenvalue weighted by Gasteiger charge is 2.33. The zero-order valence-corrected chi connectivity index (χ0v) is 20.6. The molecule has 160 valence electrons. The topological polar surface area (TPSA) is 8.81 Å². The van der Waals surface area contributed by atoms with Gasteiger partial charge in [-0.25, -0.2) is 4.57 Å². The number of aromatic nitrogens is 2. The van der Waals surface area contributed by atoms with Crippen molar-refractivity contribution in [2.75, 3.05) is 0 Å². The van der Waals surface area contributed by atoms with Crippen LogP contribution in [0.3, 0.4) is 0 Å². The Bertz CT molecular complexity index is 1020. The summed E-state index contributed by atoms with van der Waals surface area (Å²) in [6.07, 6.45) is 4.50. The summed E-state index contributed by atoms with van der Waals surface area (Å²) in [6.45, 7) is 22.9. The van der Waals surface area contributed by atoms with Gasteiger partial charge in [0, 0.05) is 11.1 Å². The van der Waals surface area contributed by atoms with E-state index in [0.29, 0.717) is 6.04 Å². The first kappa shape index (κ1) is 22.3. The smallest absolute Gasteiger partial charge is 0.227 e. The van der Waals surface area contributed by atoms with Gasteiger partial charge in [0.15, 0.2) is 0 Å². The fourth-order valence-corrected chi connectivity index (χ4v) is 4.28. The van der Waals surface area contributed by atoms with E-state index in [2.05, 4.69) is 127 Å². The molecule has 1 aromatic heterocycles. The van der Waals surface area contributed by atoms with Crippen molar-refractivity contribution in [3.63, 3.8) is 0 Å². The molecule has 0 spiro atoms. The number of hydrogen-bond acceptors (Lipinski definition) is 0. The zero-order valence-electron chi connectivity index (χ0n) is 20.6. The Kier molecular flexibility index (Phi) is 5.75. The molecule has 0 aliphatic carbocycles. The largest absolute Gasteiger partial charge is 0.294 e. The standard InChI is InChI=1S/C28H39N2/c1-19(2)29-15-16-30(26(29)22-14-12-11-13-21(22)4)25-23(27(5,6)7)17-20(3)18-24(25)28(8,9)10/h11-19H,1-10H3/q+1. The van der Waals surface area contributed by atoms with Crippen LogP contribution in [0.5, 0.6) is 0 Å². The molecular formula is C28H39N2+. The molecule has 1 heterocycles. The number of imidazole rings is 1. The van der Waals surface area contributed by atoms with Crippen LogP contribution >= 0.6 is 0 Å². The van der Waals surface area contributed by atoms with Crippen molar-refractivity contribution in [3.8, 4) is 17.1 Å². The normalized spacial score (nSPS) is 12.6. The van der Waals surface area contributed by atoms with Crippen molar-refractivity contribution in [1.82, 2.24) is 4.57 Å². The highest BCUT2D eigenvalue weighted by molar-refractivity contribution is 5.64. The fraction of sp³-hybridized carbons (Fsp3) is 0.464. The second-order valence-electron chi connectivity index (χ2n) is 11.0. The molecule has 0 aliphatic heterocycles. The van der Waals surface area contributed by atoms with Gasteiger partial charge in [-0.05, 0) is 50.2 Å². The van der Waals surface area contributed by atoms with Gasteiger partial charge in [0.25, 0.3) is 5.82 Å². The van der Waals surface area contributed by atoms with Crippen molar-refractivity contribution >= 4 is 0 Å². The SMILES string of the molecule is Cc1cc(C(C)(C)C)c(-n2cc[n+](C(C)C)c2-c2ccccc2C)c(C(C)(C)C)c1. The summed E-state index contributed by atoms with van der Waals surface area (Å²) >= 11 is 0. The molecule has 0 amide bonds. The molecule has 3 rings (SSSR count). The van der Waals surface area contributed by atoms with Gasteiger partial charge in [-0.1, -0.05) is 77.4 Å². The van der Waals surface area contributed by atoms with Gasteiger partial charge in [-0.2, -0.15) is 4.57 Å². The molecule has 2 nitrogen and oxygen atoms in total. The van der Waals surface area contributed by atoms with E-state index < -0.39 is 0 Å². The highest BCUT2D eigenvalue weighted by Crippen LogP contribution is 2.39. The maximum Gasteiger partial charge on any atom is 0.294 e. The van der Waals surface area contributed by atoms with Gasteiger partial charge in [-0.15, -0.1) is 0 Å². The van der Waals surface area contributed by atoms with E-state index in [0.717, 1.165) is 0 Å². The lowest BCUT2D eigenvalue weighted by Gasteiger charge is -2.29. The first-order chi connectivity index (χ1) is 13.8. The molecule has 2 heteroatoms. The minimum atomic E-state index is 0.0390. The third-order valence-corrected chi connectivity index (χ3v) is 5.90. The van der Waals surface area contributed by atoms with Crippen LogP contribution in [0.25, 0.3) is 17.1 Å². The van der Waals surface area contributed by atoms with Crippen LogP contribution in [0.1, 0.15) is 83.7 Å². The molecule has 0 radical (unpaired) electrons. The van der Waals surface area contributed by atoms with E-state index in [1.165, 1.54) is 39.3 Å². The predicted molar refractivity (Wildman–Crippen MR) is 129 cm³/mol. The van der Waals surface area contributed by atoms with E-state index in [-0.39, 0.29) is 10.8 Å². The lowest BCUT2D eigenvalue weighted by molar-refractivity contribution is -0.704. The van der Waals surface area contributed by atoms with Crippen LogP contribution in [0.4, 0.5) is 0 Å². The number of benzene rings is 2. The van der Waals surface area contributed by atoms with Crippen molar-refractivity contribution in [3.05, 3.63) is 71.0 Å². The van der Waals surface area contributed by atoms with Crippen LogP contribution < -0.4 is 4.57 Å². The minimum absolute atomic E-state index is 0.0390. The van der Waals surface area contributed by atoms with E-state index in [1.54, 1.807) is 0 Å². The number of nitrogens with zero attached hydrogens (tertiary/aromatic N) is 2. The molecule has 0 saturated carbocycles. The average Bonchev–Trinajstić information content (AvgIpc) is 3.04. The molecule has 0 atom stereocenters. The molecule has 2 aromatic carbocycles. The van der Waals surface area contributed by atoms with Crippen molar-refractivity contribution in [2.45, 2.75) is 86.1 Å². The Hall–Kier alpha value is -2.35. The van der Waals surface area contributed by atoms with E-state index in [4.69, 9.17) is 0 Å². The van der Waals surface area contributed by atoms with Gasteiger partial charge in [-0.3, -0.25) is 0 Å². The Morgan fingerprint density at radius 2 is 1.37 bits per heavy atom. The lowest BCUT2D eigenvalue weighted by atomic mass is 9.77. The molecule has 0 aliphatic rings. The Morgan fingerprint density at radius 3 is 1.83 bits per heavy atom. The van der Waals surface area contributed by atoms with E-state index in [9.17, 15) is 0 Å². The third-order valence-electron chi connectivity index (χ3n) is 5.90. The van der Waals surface area contributed by atoms with Gasteiger partial charge in [0.05, 0.1) is 11.6 Å². The molecule has 3 aromatic rings. The zero-order chi connectivity index (χ0) is 22.4. The van der Waals surface area contributed by atoms with Crippen LogP contribution in [-0.4, -0.2) is 4.57 Å². The van der Waals surface area contributed by atoms with Gasteiger partial charge >= 0.3 is 0 Å². The Morgan fingerprint density at radius 1 is 0.833 bits per heavy atom. The van der Waals surface area contributed by atoms with Gasteiger partial charge in [0.1, 0.15) is 18.1 Å². The van der Waals surface area contributed by atoms with E-state index >= 15 is 0 Å². The monoisotopic (exact) mass is 403 g/mol. The molecule has 0 N–H and O–H groups in total. The Balaban J connectivity index is 2.50. The molecular weight excluding hydrogens is 364 g/mol. The van der Waals surface area contributed by atoms with Crippen LogP contribution in [0, 0.1) is 13.8 Å². The highest BCUT2D eigenvalue weighted by atomic mass is 15.2. The molecule has 0 saturated heterocycles. The van der Waals surface area contributed by atoms with Gasteiger partial charge < -0.3 is 0 Å². The van der Waals surface area contributed by atoms with Crippen molar-refractivity contribution < 1.29 is 4.57 Å². The van der Waals surface area contributed by atoms with Crippen LogP contribution in [0.2, 0.25) is 0 Å². The summed E-state index contributed by atoms with van der Waals surface area (Å²) in [4.78, 5) is 0. The van der Waals surface area contributed by atoms with Crippen molar-refractivity contribution in [2.24, 2.45) is 0 Å². The number of hydrogen-bond donors (Lipinski definition) is 0. The van der Waals surface area contributed by atoms with Gasteiger partial charge in [0.2, 0.25) is 0 Å². The number of rotatable bonds is 3. The fourth-order valence-electron chi connectivity index (χ4n) is 4.28. The lowest BCUT2D eigenvalue weighted by Crippen LogP contribution is -2.37. The minimum Gasteiger partial charge on any atom is -0.227 e. The summed E-state index contributed by atoms with van der Waals surface area (Å²) in [5, 5.41) is 0. The van der Waals surface area contributed by atoms with Crippen LogP contribution in [0.15, 0.2) is 48.8 Å². The second-order valence-corrected chi connectivity index (χ2v) is 11.0. The molecule has 0 unspecified atom stereocenters. The molecule has 0 bridgehead atoms. The summed E-state index contributed by atoms with van der Waals surface area (Å²) < 4.78 is 4.85. The summed E-state index contributed by atoms with van der Waals surface area (Å²) in [6, 6.07) is 13.9. The molecule has 0 fully saturated rings. The second kappa shape index (κ2) is 7.72. The maximum atomic E-state index is 2.45. The first-order valence-electron chi connectivity index (χ1n) is 11.2.